The first-order valence-electron chi connectivity index (χ1n) is 3.55. The van der Waals surface area contributed by atoms with E-state index in [0.29, 0.717) is 16.8 Å². The Morgan fingerprint density at radius 1 is 1.73 bits per heavy atom. The van der Waals surface area contributed by atoms with Gasteiger partial charge in [0.2, 0.25) is 11.9 Å². The van der Waals surface area contributed by atoms with E-state index in [1.807, 2.05) is 6.92 Å². The van der Waals surface area contributed by atoms with Crippen LogP contribution in [0.3, 0.4) is 0 Å². The molecule has 4 heteroatoms. The van der Waals surface area contributed by atoms with Crippen LogP contribution in [-0.4, -0.2) is 4.98 Å². The molecular weight excluding hydrogens is 144 g/mol. The minimum Gasteiger partial charge on any atom is -0.618 e. The molecule has 0 aliphatic heterocycles. The predicted molar refractivity (Wildman–Crippen MR) is 40.0 cm³/mol. The van der Waals surface area contributed by atoms with Gasteiger partial charge in [-0.2, -0.15) is 4.73 Å². The summed E-state index contributed by atoms with van der Waals surface area (Å²) in [6.45, 7) is 1.98. The van der Waals surface area contributed by atoms with E-state index < -0.39 is 0 Å². The molecule has 0 aromatic carbocycles. The summed E-state index contributed by atoms with van der Waals surface area (Å²) in [6, 6.07) is 0. The van der Waals surface area contributed by atoms with Crippen LogP contribution >= 0.6 is 0 Å². The molecule has 4 nitrogen and oxygen atoms in total. The molecule has 0 saturated carbocycles. The lowest BCUT2D eigenvalue weighted by Crippen LogP contribution is -2.36. The molecule has 0 amide bonds. The lowest BCUT2D eigenvalue weighted by molar-refractivity contribution is -0.615. The maximum absolute atomic E-state index is 10.9. The third-order valence-electron chi connectivity index (χ3n) is 1.40. The molecule has 11 heavy (non-hydrogen) atoms. The van der Waals surface area contributed by atoms with E-state index in [1.165, 1.54) is 6.20 Å². The van der Waals surface area contributed by atoms with Gasteiger partial charge in [-0.3, -0.25) is 4.79 Å². The lowest BCUT2D eigenvalue weighted by atomic mass is 10.3. The van der Waals surface area contributed by atoms with Crippen molar-refractivity contribution in [2.75, 3.05) is 0 Å². The fourth-order valence-corrected chi connectivity index (χ4v) is 0.883. The second-order valence-electron chi connectivity index (χ2n) is 2.35. The van der Waals surface area contributed by atoms with Crippen LogP contribution in [0.25, 0.3) is 0 Å². The number of nitrogens with one attached hydrogen (secondary N) is 1. The number of hydrogen-bond donors (Lipinski definition) is 1. The van der Waals surface area contributed by atoms with E-state index in [1.54, 1.807) is 0 Å². The molecule has 0 aliphatic carbocycles. The van der Waals surface area contributed by atoms with Crippen molar-refractivity contribution in [3.05, 3.63) is 33.6 Å². The van der Waals surface area contributed by atoms with Crippen LogP contribution in [0.15, 0.2) is 17.2 Å². The molecule has 1 rings (SSSR count). The quantitative estimate of drug-likeness (QED) is 0.480. The zero-order chi connectivity index (χ0) is 8.27. The van der Waals surface area contributed by atoms with Crippen molar-refractivity contribution in [1.29, 1.82) is 0 Å². The second-order valence-corrected chi connectivity index (χ2v) is 2.35. The van der Waals surface area contributed by atoms with Crippen molar-refractivity contribution >= 4 is 0 Å². The molecule has 0 saturated heterocycles. The van der Waals surface area contributed by atoms with Crippen LogP contribution < -0.4 is 10.3 Å². The molecule has 60 valence electrons. The normalized spacial score (nSPS) is 9.91. The van der Waals surface area contributed by atoms with Crippen molar-refractivity contribution in [1.82, 2.24) is 4.98 Å². The van der Waals surface area contributed by atoms with Gasteiger partial charge >= 0.3 is 5.56 Å². The van der Waals surface area contributed by atoms with Gasteiger partial charge in [-0.1, -0.05) is 6.92 Å². The summed E-state index contributed by atoms with van der Waals surface area (Å²) < 4.78 is 0.613. The van der Waals surface area contributed by atoms with Gasteiger partial charge in [-0.25, -0.2) is 0 Å². The van der Waals surface area contributed by atoms with E-state index in [4.69, 9.17) is 0 Å². The highest BCUT2D eigenvalue weighted by Crippen LogP contribution is 1.90. The van der Waals surface area contributed by atoms with E-state index in [-0.39, 0.29) is 5.56 Å². The molecule has 0 unspecified atom stereocenters. The van der Waals surface area contributed by atoms with Crippen molar-refractivity contribution in [3.8, 4) is 0 Å². The van der Waals surface area contributed by atoms with Crippen molar-refractivity contribution < 1.29 is 4.73 Å². The SMILES string of the molecule is CCCc1c[nH]c(=O)c[n+]1[O-]. The highest BCUT2D eigenvalue weighted by atomic mass is 16.5. The molecule has 0 bridgehead atoms. The summed E-state index contributed by atoms with van der Waals surface area (Å²) in [5, 5.41) is 10.9. The van der Waals surface area contributed by atoms with E-state index in [2.05, 4.69) is 4.98 Å². The smallest absolute Gasteiger partial charge is 0.313 e. The van der Waals surface area contributed by atoms with E-state index in [0.717, 1.165) is 12.6 Å². The monoisotopic (exact) mass is 154 g/mol. The van der Waals surface area contributed by atoms with Gasteiger partial charge in [0, 0.05) is 6.42 Å². The maximum atomic E-state index is 10.9. The number of aromatic nitrogens is 2. The van der Waals surface area contributed by atoms with Gasteiger partial charge in [-0.15, -0.1) is 0 Å². The third-order valence-corrected chi connectivity index (χ3v) is 1.40. The average molecular weight is 154 g/mol. The number of nitrogens with zero attached hydrogens (tertiary/aromatic N) is 1. The van der Waals surface area contributed by atoms with E-state index in [9.17, 15) is 10.0 Å². The Morgan fingerprint density at radius 3 is 3.00 bits per heavy atom. The fraction of sp³-hybridized carbons (Fsp3) is 0.429. The molecule has 0 atom stereocenters. The van der Waals surface area contributed by atoms with Gasteiger partial charge in [0.15, 0.2) is 0 Å². The van der Waals surface area contributed by atoms with Gasteiger partial charge in [0.25, 0.3) is 0 Å². The minimum atomic E-state index is -0.361. The first kappa shape index (κ1) is 7.78. The summed E-state index contributed by atoms with van der Waals surface area (Å²) in [5.74, 6) is 0. The Hall–Kier alpha value is -1.32. The Morgan fingerprint density at radius 2 is 2.45 bits per heavy atom. The Bertz CT molecular complexity index is 293. The summed E-state index contributed by atoms with van der Waals surface area (Å²) in [5.41, 5.74) is 0.243. The molecule has 0 spiro atoms. The largest absolute Gasteiger partial charge is 0.618 e. The van der Waals surface area contributed by atoms with Crippen molar-refractivity contribution in [3.63, 3.8) is 0 Å². The molecule has 1 N–H and O–H groups in total. The summed E-state index contributed by atoms with van der Waals surface area (Å²) in [6.07, 6.45) is 4.05. The second kappa shape index (κ2) is 3.18. The summed E-state index contributed by atoms with van der Waals surface area (Å²) >= 11 is 0. The zero-order valence-corrected chi connectivity index (χ0v) is 6.33. The van der Waals surface area contributed by atoms with Crippen LogP contribution in [0.4, 0.5) is 0 Å². The zero-order valence-electron chi connectivity index (χ0n) is 6.33. The van der Waals surface area contributed by atoms with Crippen LogP contribution in [0.5, 0.6) is 0 Å². The first-order chi connectivity index (χ1) is 5.24. The highest BCUT2D eigenvalue weighted by molar-refractivity contribution is 4.86. The molecule has 0 aliphatic rings. The Kier molecular flexibility index (Phi) is 2.25. The lowest BCUT2D eigenvalue weighted by Gasteiger charge is -1.99. The number of rotatable bonds is 2. The van der Waals surface area contributed by atoms with Crippen LogP contribution in [0.2, 0.25) is 0 Å². The predicted octanol–water partition coefficient (Wildman–Crippen LogP) is -0.0392. The summed E-state index contributed by atoms with van der Waals surface area (Å²) in [7, 11) is 0. The Labute approximate surface area is 64.1 Å². The fourth-order valence-electron chi connectivity index (χ4n) is 0.883. The molecule has 1 heterocycles. The Balaban J connectivity index is 2.99. The van der Waals surface area contributed by atoms with E-state index >= 15 is 0 Å². The standard InChI is InChI=1S/C7H10N2O2/c1-2-3-6-4-8-7(10)5-9(6)11/h4-5H,2-3H2,1H3,(H,8,10). The van der Waals surface area contributed by atoms with Crippen molar-refractivity contribution in [2.45, 2.75) is 19.8 Å². The number of H-pyrrole nitrogens is 1. The molecule has 1 aromatic rings. The van der Waals surface area contributed by atoms with Gasteiger partial charge in [-0.05, 0) is 6.42 Å². The van der Waals surface area contributed by atoms with Gasteiger partial charge in [0.05, 0.1) is 6.20 Å². The number of hydrogen-bond acceptors (Lipinski definition) is 2. The van der Waals surface area contributed by atoms with Gasteiger partial charge < -0.3 is 10.2 Å². The average Bonchev–Trinajstić information content (AvgIpc) is 1.95. The summed E-state index contributed by atoms with van der Waals surface area (Å²) in [4.78, 5) is 13.0. The highest BCUT2D eigenvalue weighted by Gasteiger charge is 2.02. The van der Waals surface area contributed by atoms with Crippen molar-refractivity contribution in [2.24, 2.45) is 0 Å². The molecule has 0 fully saturated rings. The third kappa shape index (κ3) is 1.80. The molecule has 1 aromatic heterocycles. The maximum Gasteiger partial charge on any atom is 0.313 e. The number of aromatic amines is 1. The van der Waals surface area contributed by atoms with Crippen LogP contribution in [0.1, 0.15) is 19.0 Å². The van der Waals surface area contributed by atoms with Crippen LogP contribution in [-0.2, 0) is 6.42 Å². The van der Waals surface area contributed by atoms with Crippen LogP contribution in [0, 0.1) is 5.21 Å². The topological polar surface area (TPSA) is 59.8 Å². The van der Waals surface area contributed by atoms with Gasteiger partial charge in [0.1, 0.15) is 0 Å². The minimum absolute atomic E-state index is 0.361. The first-order valence-corrected chi connectivity index (χ1v) is 3.55. The molecule has 0 radical (unpaired) electrons. The molecular formula is C7H10N2O2. The number of aryl methyl sites for hydroxylation is 1.